The molecule has 0 unspecified atom stereocenters. The molecule has 8 heteroatoms. The predicted molar refractivity (Wildman–Crippen MR) is 130 cm³/mol. The Kier molecular flexibility index (Phi) is 4.99. The number of carbonyl (C=O) groups is 2. The van der Waals surface area contributed by atoms with Crippen LogP contribution in [0.1, 0.15) is 37.7 Å². The van der Waals surface area contributed by atoms with Crippen LogP contribution in [0.3, 0.4) is 0 Å². The van der Waals surface area contributed by atoms with Crippen molar-refractivity contribution < 1.29 is 19.1 Å². The van der Waals surface area contributed by atoms with Gasteiger partial charge in [-0.25, -0.2) is 4.98 Å². The first-order valence-corrected chi connectivity index (χ1v) is 11.3. The van der Waals surface area contributed by atoms with Gasteiger partial charge in [-0.05, 0) is 54.4 Å². The predicted octanol–water partition coefficient (Wildman–Crippen LogP) is 4.38. The van der Waals surface area contributed by atoms with Crippen LogP contribution in [-0.2, 0) is 13.1 Å². The van der Waals surface area contributed by atoms with Gasteiger partial charge in [0.05, 0.1) is 18.8 Å². The Labute approximate surface area is 201 Å². The molecule has 0 spiro atoms. The van der Waals surface area contributed by atoms with Gasteiger partial charge in [0.2, 0.25) is 6.79 Å². The highest BCUT2D eigenvalue weighted by Gasteiger charge is 2.29. The number of fused-ring (bicyclic) bond motifs is 3. The third kappa shape index (κ3) is 3.78. The number of imidazole rings is 1. The van der Waals surface area contributed by atoms with Crippen LogP contribution in [0.5, 0.6) is 11.5 Å². The SMILES string of the molecule is Cc1ccccc1C(=O)Nc1ccc(C(=O)N2Cc3nccn3Cc3cc4c(cc32)OCO4)cc1. The highest BCUT2D eigenvalue weighted by Crippen LogP contribution is 2.40. The molecule has 2 aliphatic rings. The van der Waals surface area contributed by atoms with E-state index in [0.717, 1.165) is 22.6 Å². The number of aryl methyl sites for hydroxylation is 1. The Hall–Kier alpha value is -4.59. The van der Waals surface area contributed by atoms with Crippen molar-refractivity contribution in [2.24, 2.45) is 0 Å². The number of nitrogens with zero attached hydrogens (tertiary/aromatic N) is 3. The molecule has 2 amide bonds. The van der Waals surface area contributed by atoms with Crippen molar-refractivity contribution in [2.75, 3.05) is 17.0 Å². The number of hydrogen-bond donors (Lipinski definition) is 1. The van der Waals surface area contributed by atoms with Crippen LogP contribution in [0.4, 0.5) is 11.4 Å². The number of carbonyl (C=O) groups excluding carboxylic acids is 2. The van der Waals surface area contributed by atoms with E-state index in [2.05, 4.69) is 10.3 Å². The maximum absolute atomic E-state index is 13.7. The lowest BCUT2D eigenvalue weighted by molar-refractivity contribution is 0.0983. The molecule has 0 radical (unpaired) electrons. The minimum absolute atomic E-state index is 0.165. The van der Waals surface area contributed by atoms with E-state index in [1.165, 1.54) is 0 Å². The van der Waals surface area contributed by atoms with Gasteiger partial charge in [0.1, 0.15) is 5.82 Å². The molecule has 3 aromatic carbocycles. The molecule has 2 aliphatic heterocycles. The van der Waals surface area contributed by atoms with E-state index in [1.807, 2.05) is 48.0 Å². The lowest BCUT2D eigenvalue weighted by Gasteiger charge is -2.23. The summed E-state index contributed by atoms with van der Waals surface area (Å²) in [5, 5.41) is 2.90. The molecule has 1 aromatic heterocycles. The summed E-state index contributed by atoms with van der Waals surface area (Å²) < 4.78 is 13.2. The first kappa shape index (κ1) is 21.0. The van der Waals surface area contributed by atoms with Crippen molar-refractivity contribution in [3.63, 3.8) is 0 Å². The lowest BCUT2D eigenvalue weighted by atomic mass is 10.1. The quantitative estimate of drug-likeness (QED) is 0.484. The monoisotopic (exact) mass is 466 g/mol. The average molecular weight is 466 g/mol. The molecule has 6 rings (SSSR count). The molecule has 4 aromatic rings. The Morgan fingerprint density at radius 1 is 0.971 bits per heavy atom. The third-order valence-corrected chi connectivity index (χ3v) is 6.33. The second-order valence-corrected chi connectivity index (χ2v) is 8.54. The Bertz CT molecular complexity index is 1460. The molecular weight excluding hydrogens is 444 g/mol. The topological polar surface area (TPSA) is 85.7 Å². The molecule has 1 N–H and O–H groups in total. The summed E-state index contributed by atoms with van der Waals surface area (Å²) in [6, 6.07) is 18.1. The van der Waals surface area contributed by atoms with Crippen LogP contribution >= 0.6 is 0 Å². The Morgan fingerprint density at radius 3 is 2.54 bits per heavy atom. The first-order valence-electron chi connectivity index (χ1n) is 11.3. The zero-order valence-electron chi connectivity index (χ0n) is 19.0. The fourth-order valence-electron chi connectivity index (χ4n) is 4.46. The second kappa shape index (κ2) is 8.32. The molecule has 8 nitrogen and oxygen atoms in total. The number of hydrogen-bond acceptors (Lipinski definition) is 5. The molecule has 0 saturated heterocycles. The number of nitrogens with one attached hydrogen (secondary N) is 1. The summed E-state index contributed by atoms with van der Waals surface area (Å²) in [6.07, 6.45) is 3.64. The van der Waals surface area contributed by atoms with Crippen molar-refractivity contribution in [3.8, 4) is 11.5 Å². The number of anilines is 2. The highest BCUT2D eigenvalue weighted by molar-refractivity contribution is 6.08. The fraction of sp³-hybridized carbons (Fsp3) is 0.148. The van der Waals surface area contributed by atoms with Gasteiger partial charge in [-0.3, -0.25) is 9.59 Å². The van der Waals surface area contributed by atoms with E-state index in [4.69, 9.17) is 9.47 Å². The number of benzene rings is 3. The number of amides is 2. The van der Waals surface area contributed by atoms with Gasteiger partial charge >= 0.3 is 0 Å². The molecule has 0 aliphatic carbocycles. The summed E-state index contributed by atoms with van der Waals surface area (Å²) >= 11 is 0. The molecule has 0 fully saturated rings. The molecule has 0 saturated carbocycles. The van der Waals surface area contributed by atoms with Crippen LogP contribution in [0.2, 0.25) is 0 Å². The smallest absolute Gasteiger partial charge is 0.258 e. The third-order valence-electron chi connectivity index (χ3n) is 6.33. The van der Waals surface area contributed by atoms with E-state index in [9.17, 15) is 9.59 Å². The number of rotatable bonds is 3. The second-order valence-electron chi connectivity index (χ2n) is 8.54. The van der Waals surface area contributed by atoms with Gasteiger partial charge in [0.15, 0.2) is 11.5 Å². The Morgan fingerprint density at radius 2 is 1.74 bits per heavy atom. The minimum atomic E-state index is -0.188. The van der Waals surface area contributed by atoms with E-state index >= 15 is 0 Å². The van der Waals surface area contributed by atoms with E-state index in [0.29, 0.717) is 41.4 Å². The zero-order valence-corrected chi connectivity index (χ0v) is 19.0. The summed E-state index contributed by atoms with van der Waals surface area (Å²) in [6.45, 7) is 2.96. The molecule has 35 heavy (non-hydrogen) atoms. The fourth-order valence-corrected chi connectivity index (χ4v) is 4.46. The standard InChI is InChI=1S/C27H22N4O4/c1-17-4-2-3-5-21(17)26(32)29-20-8-6-18(7-9-20)27(33)31-15-25-28-10-11-30(25)14-19-12-23-24(13-22(19)31)35-16-34-23/h2-13H,14-16H2,1H3,(H,29,32). The Balaban J connectivity index is 1.29. The summed E-state index contributed by atoms with van der Waals surface area (Å²) in [5.41, 5.74) is 4.34. The lowest BCUT2D eigenvalue weighted by Crippen LogP contribution is -2.31. The molecular formula is C27H22N4O4. The molecule has 0 bridgehead atoms. The van der Waals surface area contributed by atoms with Crippen LogP contribution < -0.4 is 19.7 Å². The summed E-state index contributed by atoms with van der Waals surface area (Å²) in [5.74, 6) is 1.73. The van der Waals surface area contributed by atoms with Crippen molar-refractivity contribution >= 4 is 23.2 Å². The van der Waals surface area contributed by atoms with Gasteiger partial charge in [-0.15, -0.1) is 0 Å². The zero-order chi connectivity index (χ0) is 23.9. The number of ether oxygens (including phenoxy) is 2. The minimum Gasteiger partial charge on any atom is -0.454 e. The summed E-state index contributed by atoms with van der Waals surface area (Å²) in [4.78, 5) is 32.5. The van der Waals surface area contributed by atoms with Crippen LogP contribution in [-0.4, -0.2) is 28.2 Å². The molecule has 3 heterocycles. The van der Waals surface area contributed by atoms with Gasteiger partial charge < -0.3 is 24.3 Å². The van der Waals surface area contributed by atoms with Gasteiger partial charge in [0.25, 0.3) is 11.8 Å². The normalized spacial score (nSPS) is 13.6. The maximum atomic E-state index is 13.7. The maximum Gasteiger partial charge on any atom is 0.258 e. The van der Waals surface area contributed by atoms with Crippen LogP contribution in [0, 0.1) is 6.92 Å². The van der Waals surface area contributed by atoms with Crippen LogP contribution in [0.25, 0.3) is 0 Å². The summed E-state index contributed by atoms with van der Waals surface area (Å²) in [7, 11) is 0. The van der Waals surface area contributed by atoms with E-state index in [1.54, 1.807) is 41.4 Å². The van der Waals surface area contributed by atoms with Crippen molar-refractivity contribution in [1.29, 1.82) is 0 Å². The van der Waals surface area contributed by atoms with Crippen LogP contribution in [0.15, 0.2) is 73.1 Å². The first-order chi connectivity index (χ1) is 17.1. The van der Waals surface area contributed by atoms with Gasteiger partial charge in [-0.1, -0.05) is 18.2 Å². The van der Waals surface area contributed by atoms with Gasteiger partial charge in [0, 0.05) is 35.3 Å². The van der Waals surface area contributed by atoms with Crippen molar-refractivity contribution in [2.45, 2.75) is 20.0 Å². The van der Waals surface area contributed by atoms with E-state index < -0.39 is 0 Å². The van der Waals surface area contributed by atoms with Crippen molar-refractivity contribution in [1.82, 2.24) is 9.55 Å². The molecule has 0 atom stereocenters. The van der Waals surface area contributed by atoms with Crippen molar-refractivity contribution in [3.05, 3.63) is 101 Å². The highest BCUT2D eigenvalue weighted by atomic mass is 16.7. The van der Waals surface area contributed by atoms with E-state index in [-0.39, 0.29) is 18.6 Å². The van der Waals surface area contributed by atoms with Gasteiger partial charge in [-0.2, -0.15) is 0 Å². The molecule has 174 valence electrons. The average Bonchev–Trinajstić information content (AvgIpc) is 3.48. The largest absolute Gasteiger partial charge is 0.454 e. The number of aromatic nitrogens is 2.